The maximum Gasteiger partial charge on any atom is 0.236 e. The van der Waals surface area contributed by atoms with Gasteiger partial charge in [-0.15, -0.1) is 0 Å². The van der Waals surface area contributed by atoms with Crippen molar-refractivity contribution in [2.75, 3.05) is 37.5 Å². The highest BCUT2D eigenvalue weighted by molar-refractivity contribution is 6.01. The average molecular weight is 450 g/mol. The zero-order valence-corrected chi connectivity index (χ0v) is 19.9. The van der Waals surface area contributed by atoms with Gasteiger partial charge in [0.05, 0.1) is 25.3 Å². The van der Waals surface area contributed by atoms with Crippen LogP contribution in [0, 0.1) is 6.92 Å². The molecule has 7 nitrogen and oxygen atoms in total. The number of aryl methyl sites for hydroxylation is 1. The molecule has 1 heterocycles. The summed E-state index contributed by atoms with van der Waals surface area (Å²) < 4.78 is 16.3. The van der Waals surface area contributed by atoms with Crippen LogP contribution in [0.15, 0.2) is 47.0 Å². The second-order valence-corrected chi connectivity index (χ2v) is 8.35. The molecule has 33 heavy (non-hydrogen) atoms. The van der Waals surface area contributed by atoms with Crippen LogP contribution < -0.4 is 19.7 Å². The van der Waals surface area contributed by atoms with Gasteiger partial charge in [-0.1, -0.05) is 5.16 Å². The molecular weight excluding hydrogens is 418 g/mol. The zero-order valence-electron chi connectivity index (χ0n) is 19.9. The SMILES string of the molecule is CCN(CC)c1ccc(NC(=O)C2(c3cc(-c4ccc(OC)c(OC)c4)on3)CC2)c(C)c1. The van der Waals surface area contributed by atoms with E-state index in [2.05, 4.69) is 41.4 Å². The van der Waals surface area contributed by atoms with Gasteiger partial charge in [-0.05, 0) is 75.6 Å². The van der Waals surface area contributed by atoms with Gasteiger partial charge in [0.1, 0.15) is 0 Å². The number of hydrogen-bond acceptors (Lipinski definition) is 6. The molecule has 0 aliphatic heterocycles. The summed E-state index contributed by atoms with van der Waals surface area (Å²) in [6.07, 6.45) is 1.49. The van der Waals surface area contributed by atoms with E-state index in [0.717, 1.165) is 48.4 Å². The molecule has 3 aromatic rings. The fraction of sp³-hybridized carbons (Fsp3) is 0.385. The molecule has 1 aliphatic rings. The van der Waals surface area contributed by atoms with Crippen molar-refractivity contribution < 1.29 is 18.8 Å². The Hall–Kier alpha value is -3.48. The minimum absolute atomic E-state index is 0.0478. The van der Waals surface area contributed by atoms with Crippen LogP contribution in [-0.2, 0) is 10.2 Å². The molecule has 0 bridgehead atoms. The van der Waals surface area contributed by atoms with Crippen molar-refractivity contribution in [1.29, 1.82) is 0 Å². The summed E-state index contributed by atoms with van der Waals surface area (Å²) in [6.45, 7) is 8.19. The molecule has 0 radical (unpaired) electrons. The summed E-state index contributed by atoms with van der Waals surface area (Å²) in [5.74, 6) is 1.79. The number of anilines is 2. The molecule has 1 amide bonds. The van der Waals surface area contributed by atoms with Crippen LogP contribution in [0.3, 0.4) is 0 Å². The van der Waals surface area contributed by atoms with Crippen molar-refractivity contribution >= 4 is 17.3 Å². The highest BCUT2D eigenvalue weighted by Crippen LogP contribution is 2.49. The smallest absolute Gasteiger partial charge is 0.236 e. The van der Waals surface area contributed by atoms with Gasteiger partial charge in [-0.3, -0.25) is 4.79 Å². The second kappa shape index (κ2) is 9.17. The van der Waals surface area contributed by atoms with E-state index in [1.165, 1.54) is 0 Å². The van der Waals surface area contributed by atoms with Gasteiger partial charge < -0.3 is 24.2 Å². The second-order valence-electron chi connectivity index (χ2n) is 8.35. The van der Waals surface area contributed by atoms with E-state index in [9.17, 15) is 4.79 Å². The quantitative estimate of drug-likeness (QED) is 0.485. The molecule has 174 valence electrons. The average Bonchev–Trinajstić information content (AvgIpc) is 3.50. The molecule has 2 aromatic carbocycles. The number of ether oxygens (including phenoxy) is 2. The first-order valence-electron chi connectivity index (χ1n) is 11.3. The van der Waals surface area contributed by atoms with Gasteiger partial charge in [0.2, 0.25) is 5.91 Å². The monoisotopic (exact) mass is 449 g/mol. The molecule has 1 saturated carbocycles. The van der Waals surface area contributed by atoms with E-state index < -0.39 is 5.41 Å². The number of carbonyl (C=O) groups is 1. The summed E-state index contributed by atoms with van der Waals surface area (Å²) >= 11 is 0. The van der Waals surface area contributed by atoms with Crippen LogP contribution in [0.25, 0.3) is 11.3 Å². The van der Waals surface area contributed by atoms with Gasteiger partial charge in [0.15, 0.2) is 17.3 Å². The van der Waals surface area contributed by atoms with Crippen LogP contribution >= 0.6 is 0 Å². The number of nitrogens with one attached hydrogen (secondary N) is 1. The molecule has 1 fully saturated rings. The number of hydrogen-bond donors (Lipinski definition) is 1. The lowest BCUT2D eigenvalue weighted by atomic mass is 9.99. The van der Waals surface area contributed by atoms with Crippen molar-refractivity contribution in [1.82, 2.24) is 5.16 Å². The molecule has 0 unspecified atom stereocenters. The summed E-state index contributed by atoms with van der Waals surface area (Å²) in [7, 11) is 3.19. The van der Waals surface area contributed by atoms with Gasteiger partial charge in [0, 0.05) is 36.1 Å². The third-order valence-electron chi connectivity index (χ3n) is 6.44. The first kappa shape index (κ1) is 22.7. The maximum absolute atomic E-state index is 13.3. The number of nitrogens with zero attached hydrogens (tertiary/aromatic N) is 2. The fourth-order valence-electron chi connectivity index (χ4n) is 4.17. The largest absolute Gasteiger partial charge is 0.493 e. The predicted molar refractivity (Wildman–Crippen MR) is 129 cm³/mol. The van der Waals surface area contributed by atoms with Crippen molar-refractivity contribution in [3.05, 3.63) is 53.7 Å². The van der Waals surface area contributed by atoms with Crippen LogP contribution in [0.1, 0.15) is 37.9 Å². The Labute approximate surface area is 194 Å². The lowest BCUT2D eigenvalue weighted by Gasteiger charge is -2.22. The first-order chi connectivity index (χ1) is 15.9. The number of rotatable bonds is 9. The van der Waals surface area contributed by atoms with Crippen LogP contribution in [0.5, 0.6) is 11.5 Å². The van der Waals surface area contributed by atoms with Crippen LogP contribution in [0.4, 0.5) is 11.4 Å². The number of benzene rings is 2. The minimum atomic E-state index is -0.651. The Morgan fingerprint density at radius 2 is 1.79 bits per heavy atom. The van der Waals surface area contributed by atoms with Gasteiger partial charge in [-0.2, -0.15) is 0 Å². The van der Waals surface area contributed by atoms with Crippen molar-refractivity contribution in [2.24, 2.45) is 0 Å². The Morgan fingerprint density at radius 3 is 2.39 bits per heavy atom. The number of amides is 1. The van der Waals surface area contributed by atoms with E-state index >= 15 is 0 Å². The summed E-state index contributed by atoms with van der Waals surface area (Å²) in [6, 6.07) is 13.5. The minimum Gasteiger partial charge on any atom is -0.493 e. The van der Waals surface area contributed by atoms with E-state index in [4.69, 9.17) is 14.0 Å². The number of methoxy groups -OCH3 is 2. The Balaban J connectivity index is 1.53. The molecule has 0 spiro atoms. The number of carbonyl (C=O) groups excluding carboxylic acids is 1. The number of aromatic nitrogens is 1. The maximum atomic E-state index is 13.3. The standard InChI is InChI=1S/C26H31N3O4/c1-6-29(7-2)19-9-10-20(17(3)14-19)27-25(30)26(12-13-26)24-16-22(33-28-24)18-8-11-21(31-4)23(15-18)32-5/h8-11,14-16H,6-7,12-13H2,1-5H3,(H,27,30). The van der Waals surface area contributed by atoms with Gasteiger partial charge in [0.25, 0.3) is 0 Å². The first-order valence-corrected chi connectivity index (χ1v) is 11.3. The zero-order chi connectivity index (χ0) is 23.6. The van der Waals surface area contributed by atoms with E-state index in [1.807, 2.05) is 37.3 Å². The fourth-order valence-corrected chi connectivity index (χ4v) is 4.17. The Kier molecular flexibility index (Phi) is 6.31. The van der Waals surface area contributed by atoms with Crippen LogP contribution in [-0.4, -0.2) is 38.4 Å². The third kappa shape index (κ3) is 4.27. The predicted octanol–water partition coefficient (Wildman–Crippen LogP) is 5.18. The van der Waals surface area contributed by atoms with Gasteiger partial charge in [-0.25, -0.2) is 0 Å². The molecule has 1 N–H and O–H groups in total. The third-order valence-corrected chi connectivity index (χ3v) is 6.44. The van der Waals surface area contributed by atoms with E-state index in [-0.39, 0.29) is 5.91 Å². The lowest BCUT2D eigenvalue weighted by molar-refractivity contribution is -0.118. The molecule has 7 heteroatoms. The molecule has 4 rings (SSSR count). The molecule has 0 atom stereocenters. The topological polar surface area (TPSA) is 76.8 Å². The highest BCUT2D eigenvalue weighted by Gasteiger charge is 2.54. The highest BCUT2D eigenvalue weighted by atomic mass is 16.5. The molecular formula is C26H31N3O4. The van der Waals surface area contributed by atoms with Crippen molar-refractivity contribution in [3.8, 4) is 22.8 Å². The molecule has 1 aromatic heterocycles. The Bertz CT molecular complexity index is 1150. The summed E-state index contributed by atoms with van der Waals surface area (Å²) in [5, 5.41) is 7.38. The summed E-state index contributed by atoms with van der Waals surface area (Å²) in [4.78, 5) is 15.6. The van der Waals surface area contributed by atoms with E-state index in [1.54, 1.807) is 14.2 Å². The summed E-state index contributed by atoms with van der Waals surface area (Å²) in [5.41, 5.74) is 3.84. The van der Waals surface area contributed by atoms with Gasteiger partial charge >= 0.3 is 0 Å². The van der Waals surface area contributed by atoms with Crippen molar-refractivity contribution in [3.63, 3.8) is 0 Å². The normalized spacial score (nSPS) is 14.0. The lowest BCUT2D eigenvalue weighted by Crippen LogP contribution is -2.28. The Morgan fingerprint density at radius 1 is 1.06 bits per heavy atom. The van der Waals surface area contributed by atoms with Crippen molar-refractivity contribution in [2.45, 2.75) is 39.0 Å². The molecule has 0 saturated heterocycles. The van der Waals surface area contributed by atoms with Crippen LogP contribution in [0.2, 0.25) is 0 Å². The molecule has 1 aliphatic carbocycles. The van der Waals surface area contributed by atoms with E-state index in [0.29, 0.717) is 23.0 Å².